The molecule has 2 heteroatoms. The van der Waals surface area contributed by atoms with Crippen LogP contribution in [0, 0.1) is 0 Å². The molecule has 0 saturated heterocycles. The lowest BCUT2D eigenvalue weighted by atomic mass is 9.87. The second kappa shape index (κ2) is 12.7. The average molecular weight is 699 g/mol. The molecule has 0 radical (unpaired) electrons. The van der Waals surface area contributed by atoms with Gasteiger partial charge in [0.15, 0.2) is 0 Å². The predicted octanol–water partition coefficient (Wildman–Crippen LogP) is 14.3. The molecule has 0 bridgehead atoms. The van der Waals surface area contributed by atoms with Gasteiger partial charge in [0, 0.05) is 33.8 Å². The molecule has 0 saturated carbocycles. The van der Waals surface area contributed by atoms with Crippen LogP contribution in [-0.2, 0) is 0 Å². The molecule has 0 aliphatic rings. The summed E-state index contributed by atoms with van der Waals surface area (Å²) in [6.45, 7) is 0. The summed E-state index contributed by atoms with van der Waals surface area (Å²) in [6, 6.07) is 72.3. The molecule has 11 rings (SSSR count). The normalized spacial score (nSPS) is 11.6. The van der Waals surface area contributed by atoms with E-state index in [9.17, 15) is 0 Å². The summed E-state index contributed by atoms with van der Waals surface area (Å²) < 4.78 is 2.39. The highest BCUT2D eigenvalue weighted by Crippen LogP contribution is 2.44. The van der Waals surface area contributed by atoms with Crippen LogP contribution in [0.25, 0.3) is 104 Å². The lowest BCUT2D eigenvalue weighted by Gasteiger charge is -2.17. The maximum atomic E-state index is 5.12. The molecule has 256 valence electrons. The van der Waals surface area contributed by atoms with Gasteiger partial charge in [0.05, 0.1) is 16.7 Å². The Morgan fingerprint density at radius 1 is 0.327 bits per heavy atom. The molecule has 0 unspecified atom stereocenters. The summed E-state index contributed by atoms with van der Waals surface area (Å²) in [7, 11) is 0. The summed E-state index contributed by atoms with van der Waals surface area (Å²) in [5.41, 5.74) is 12.9. The Balaban J connectivity index is 0.982. The number of rotatable bonds is 5. The van der Waals surface area contributed by atoms with E-state index in [0.29, 0.717) is 0 Å². The van der Waals surface area contributed by atoms with Crippen molar-refractivity contribution >= 4 is 54.1 Å². The third-order valence-electron chi connectivity index (χ3n) is 11.2. The van der Waals surface area contributed by atoms with E-state index in [-0.39, 0.29) is 0 Å². The zero-order valence-corrected chi connectivity index (χ0v) is 30.0. The highest BCUT2D eigenvalue weighted by Gasteiger charge is 2.18. The van der Waals surface area contributed by atoms with Gasteiger partial charge in [0.1, 0.15) is 0 Å². The lowest BCUT2D eigenvalue weighted by Crippen LogP contribution is -1.93. The standard InChI is InChI=1S/C53H34N2/c1-3-14-38(15-4-1)51-43-19-9-11-21-45(43)52(46-22-12-10-20-44(46)51)48-30-27-40(34-54-48)36-25-23-35(24-26-36)39-29-31-49-47(33-39)53-42-18-8-7-13-37(42)28-32-50(53)55(49)41-16-5-2-6-17-41/h1-34H. The fourth-order valence-electron chi connectivity index (χ4n) is 8.71. The number of pyridine rings is 1. The Morgan fingerprint density at radius 3 is 1.51 bits per heavy atom. The van der Waals surface area contributed by atoms with Gasteiger partial charge in [-0.25, -0.2) is 0 Å². The number of nitrogens with zero attached hydrogens (tertiary/aromatic N) is 2. The Hall–Kier alpha value is -7.29. The first-order chi connectivity index (χ1) is 27.3. The number of benzene rings is 9. The summed E-state index contributed by atoms with van der Waals surface area (Å²) in [5, 5.41) is 9.96. The monoisotopic (exact) mass is 698 g/mol. The van der Waals surface area contributed by atoms with Crippen molar-refractivity contribution in [2.24, 2.45) is 0 Å². The summed E-state index contributed by atoms with van der Waals surface area (Å²) in [4.78, 5) is 5.12. The van der Waals surface area contributed by atoms with Gasteiger partial charge in [-0.2, -0.15) is 0 Å². The molecule has 0 N–H and O–H groups in total. The molecule has 2 heterocycles. The van der Waals surface area contributed by atoms with Crippen molar-refractivity contribution in [2.75, 3.05) is 0 Å². The SMILES string of the molecule is c1ccc(-c2c3ccccc3c(-c3ccc(-c4ccc(-c5ccc6c(c5)c5c7ccccc7ccc5n6-c5ccccc5)cc4)cn3)c3ccccc23)cc1. The van der Waals surface area contributed by atoms with E-state index in [2.05, 4.69) is 205 Å². The number of hydrogen-bond donors (Lipinski definition) is 0. The Morgan fingerprint density at radius 2 is 0.855 bits per heavy atom. The van der Waals surface area contributed by atoms with Crippen LogP contribution < -0.4 is 0 Å². The van der Waals surface area contributed by atoms with Crippen molar-refractivity contribution in [3.8, 4) is 50.3 Å². The summed E-state index contributed by atoms with van der Waals surface area (Å²) in [5.74, 6) is 0. The van der Waals surface area contributed by atoms with Gasteiger partial charge in [-0.3, -0.25) is 4.98 Å². The zero-order chi connectivity index (χ0) is 36.3. The highest BCUT2D eigenvalue weighted by atomic mass is 15.0. The van der Waals surface area contributed by atoms with Crippen molar-refractivity contribution in [3.05, 3.63) is 206 Å². The number of para-hydroxylation sites is 1. The van der Waals surface area contributed by atoms with Gasteiger partial charge in [0.2, 0.25) is 0 Å². The minimum Gasteiger partial charge on any atom is -0.309 e. The molecule has 55 heavy (non-hydrogen) atoms. The van der Waals surface area contributed by atoms with Gasteiger partial charge in [-0.05, 0) is 96.5 Å². The van der Waals surface area contributed by atoms with Crippen LogP contribution in [0.1, 0.15) is 0 Å². The number of hydrogen-bond acceptors (Lipinski definition) is 1. The zero-order valence-electron chi connectivity index (χ0n) is 30.0. The average Bonchev–Trinajstić information content (AvgIpc) is 3.60. The summed E-state index contributed by atoms with van der Waals surface area (Å²) in [6.07, 6.45) is 2.02. The van der Waals surface area contributed by atoms with E-state index in [1.165, 1.54) is 87.6 Å². The van der Waals surface area contributed by atoms with E-state index in [0.717, 1.165) is 16.8 Å². The predicted molar refractivity (Wildman–Crippen MR) is 233 cm³/mol. The molecule has 0 fully saturated rings. The van der Waals surface area contributed by atoms with Crippen molar-refractivity contribution < 1.29 is 0 Å². The molecule has 0 amide bonds. The van der Waals surface area contributed by atoms with Gasteiger partial charge >= 0.3 is 0 Å². The second-order valence-electron chi connectivity index (χ2n) is 14.3. The lowest BCUT2D eigenvalue weighted by molar-refractivity contribution is 1.18. The second-order valence-corrected chi connectivity index (χ2v) is 14.3. The molecule has 9 aromatic carbocycles. The fourth-order valence-corrected chi connectivity index (χ4v) is 8.71. The van der Waals surface area contributed by atoms with Crippen LogP contribution in [0.4, 0.5) is 0 Å². The van der Waals surface area contributed by atoms with E-state index in [4.69, 9.17) is 4.98 Å². The van der Waals surface area contributed by atoms with Crippen LogP contribution in [-0.4, -0.2) is 9.55 Å². The smallest absolute Gasteiger partial charge is 0.0714 e. The molecule has 11 aromatic rings. The van der Waals surface area contributed by atoms with Crippen LogP contribution in [0.5, 0.6) is 0 Å². The van der Waals surface area contributed by atoms with Crippen molar-refractivity contribution in [3.63, 3.8) is 0 Å². The third kappa shape index (κ3) is 5.07. The Bertz CT molecular complexity index is 3160. The van der Waals surface area contributed by atoms with Crippen LogP contribution in [0.3, 0.4) is 0 Å². The van der Waals surface area contributed by atoms with E-state index in [1.54, 1.807) is 0 Å². The van der Waals surface area contributed by atoms with Crippen LogP contribution in [0.15, 0.2) is 206 Å². The molecule has 0 spiro atoms. The number of fused-ring (bicyclic) bond motifs is 7. The first-order valence-electron chi connectivity index (χ1n) is 18.9. The minimum atomic E-state index is 0.975. The third-order valence-corrected chi connectivity index (χ3v) is 11.2. The molecule has 0 aliphatic carbocycles. The van der Waals surface area contributed by atoms with Crippen molar-refractivity contribution in [1.82, 2.24) is 9.55 Å². The van der Waals surface area contributed by atoms with Gasteiger partial charge in [-0.15, -0.1) is 0 Å². The summed E-state index contributed by atoms with van der Waals surface area (Å²) >= 11 is 0. The quantitative estimate of drug-likeness (QED) is 0.164. The Labute approximate surface area is 319 Å². The van der Waals surface area contributed by atoms with Gasteiger partial charge in [0.25, 0.3) is 0 Å². The molecule has 0 aliphatic heterocycles. The minimum absolute atomic E-state index is 0.975. The molecular formula is C53H34N2. The van der Waals surface area contributed by atoms with E-state index < -0.39 is 0 Å². The number of aromatic nitrogens is 2. The molecule has 0 atom stereocenters. The van der Waals surface area contributed by atoms with Crippen LogP contribution in [0.2, 0.25) is 0 Å². The van der Waals surface area contributed by atoms with Crippen LogP contribution >= 0.6 is 0 Å². The van der Waals surface area contributed by atoms with Gasteiger partial charge < -0.3 is 4.57 Å². The van der Waals surface area contributed by atoms with Crippen molar-refractivity contribution in [2.45, 2.75) is 0 Å². The maximum absolute atomic E-state index is 5.12. The first-order valence-corrected chi connectivity index (χ1v) is 18.9. The molecule has 2 aromatic heterocycles. The van der Waals surface area contributed by atoms with Gasteiger partial charge in [-0.1, -0.05) is 164 Å². The first kappa shape index (κ1) is 31.3. The topological polar surface area (TPSA) is 17.8 Å². The highest BCUT2D eigenvalue weighted by molar-refractivity contribution is 6.22. The van der Waals surface area contributed by atoms with E-state index in [1.807, 2.05) is 6.20 Å². The fraction of sp³-hybridized carbons (Fsp3) is 0. The van der Waals surface area contributed by atoms with Crippen molar-refractivity contribution in [1.29, 1.82) is 0 Å². The van der Waals surface area contributed by atoms with E-state index >= 15 is 0 Å². The molecule has 2 nitrogen and oxygen atoms in total. The maximum Gasteiger partial charge on any atom is 0.0714 e. The largest absolute Gasteiger partial charge is 0.309 e. The molecular weight excluding hydrogens is 665 g/mol. The Kier molecular flexibility index (Phi) is 7.21.